The topological polar surface area (TPSA) is 90.9 Å². The van der Waals surface area contributed by atoms with E-state index >= 15 is 0 Å². The number of ketones is 2. The molecule has 0 aliphatic heterocycles. The molecule has 2 aromatic rings. The van der Waals surface area contributed by atoms with E-state index in [0.29, 0.717) is 35.6 Å². The molecule has 0 bridgehead atoms. The van der Waals surface area contributed by atoms with E-state index < -0.39 is 11.2 Å². The first-order valence-corrected chi connectivity index (χ1v) is 11.5. The van der Waals surface area contributed by atoms with Gasteiger partial charge in [-0.15, -0.1) is 11.8 Å². The molecule has 1 unspecified atom stereocenters. The van der Waals surface area contributed by atoms with Crippen molar-refractivity contribution in [3.8, 4) is 11.5 Å². The Hall–Kier alpha value is -3.26. The van der Waals surface area contributed by atoms with Gasteiger partial charge >= 0.3 is 5.97 Å². The van der Waals surface area contributed by atoms with Gasteiger partial charge in [-0.2, -0.15) is 0 Å². The first-order chi connectivity index (χ1) is 15.9. The van der Waals surface area contributed by atoms with Crippen molar-refractivity contribution in [1.82, 2.24) is 5.32 Å². The summed E-state index contributed by atoms with van der Waals surface area (Å²) in [7, 11) is 3.15. The molecule has 0 saturated heterocycles. The van der Waals surface area contributed by atoms with Gasteiger partial charge < -0.3 is 19.5 Å². The number of methoxy groups -OCH3 is 2. The van der Waals surface area contributed by atoms with Gasteiger partial charge in [-0.25, -0.2) is 0 Å². The van der Waals surface area contributed by atoms with Crippen LogP contribution in [-0.4, -0.2) is 50.2 Å². The van der Waals surface area contributed by atoms with Crippen molar-refractivity contribution in [2.24, 2.45) is 0 Å². The number of allylic oxidation sites excluding steroid dienone is 2. The summed E-state index contributed by atoms with van der Waals surface area (Å²) in [5, 5.41) is 2.51. The Morgan fingerprint density at radius 2 is 1.67 bits per heavy atom. The third kappa shape index (κ3) is 5.39. The van der Waals surface area contributed by atoms with E-state index in [-0.39, 0.29) is 28.8 Å². The molecule has 2 aromatic carbocycles. The zero-order chi connectivity index (χ0) is 24.0. The molecule has 0 radical (unpaired) electrons. The minimum absolute atomic E-state index is 0.209. The van der Waals surface area contributed by atoms with Crippen LogP contribution in [0.4, 0.5) is 0 Å². The number of thioether (sulfide) groups is 1. The molecule has 33 heavy (non-hydrogen) atoms. The summed E-state index contributed by atoms with van der Waals surface area (Å²) in [4.78, 5) is 38.9. The zero-order valence-electron chi connectivity index (χ0n) is 19.1. The van der Waals surface area contributed by atoms with Crippen LogP contribution < -0.4 is 14.8 Å². The molecule has 0 spiro atoms. The van der Waals surface area contributed by atoms with Crippen LogP contribution in [0.1, 0.15) is 40.1 Å². The highest BCUT2D eigenvalue weighted by Gasteiger charge is 2.34. The predicted molar refractivity (Wildman–Crippen MR) is 127 cm³/mol. The van der Waals surface area contributed by atoms with Crippen molar-refractivity contribution in [3.63, 3.8) is 0 Å². The molecular weight excluding hydrogens is 442 g/mol. The lowest BCUT2D eigenvalue weighted by molar-refractivity contribution is -0.142. The standard InChI is InChI=1S/C25H27NO6S/c1-5-32-25(29)15(2)33-24-21(22(27)17-8-6-7-9-18(17)23(24)28)26-13-12-16-10-11-19(30-3)20(14-16)31-4/h6-11,14-15,26H,5,12-13H2,1-4H3. The number of carbonyl (C=O) groups excluding carboxylic acids is 3. The van der Waals surface area contributed by atoms with Gasteiger partial charge in [0.25, 0.3) is 0 Å². The summed E-state index contributed by atoms with van der Waals surface area (Å²) < 4.78 is 15.7. The summed E-state index contributed by atoms with van der Waals surface area (Å²) in [6.45, 7) is 4.04. The first kappa shape index (κ1) is 24.4. The largest absolute Gasteiger partial charge is 0.493 e. The quantitative estimate of drug-likeness (QED) is 0.526. The molecule has 0 heterocycles. The van der Waals surface area contributed by atoms with Crippen LogP contribution in [0.2, 0.25) is 0 Å². The fraction of sp³-hybridized carbons (Fsp3) is 0.320. The van der Waals surface area contributed by atoms with E-state index in [1.807, 2.05) is 18.2 Å². The molecular formula is C25H27NO6S. The van der Waals surface area contributed by atoms with E-state index in [1.54, 1.807) is 52.3 Å². The number of carbonyl (C=O) groups is 3. The Labute approximate surface area is 197 Å². The minimum atomic E-state index is -0.635. The molecule has 8 heteroatoms. The molecule has 1 N–H and O–H groups in total. The molecule has 0 aromatic heterocycles. The normalized spacial score (nSPS) is 13.9. The maximum atomic E-state index is 13.2. The van der Waals surface area contributed by atoms with Crippen molar-refractivity contribution >= 4 is 29.3 Å². The molecule has 1 aliphatic rings. The molecule has 7 nitrogen and oxygen atoms in total. The van der Waals surface area contributed by atoms with Gasteiger partial charge in [0, 0.05) is 17.7 Å². The lowest BCUT2D eigenvalue weighted by Crippen LogP contribution is -2.32. The number of rotatable bonds is 10. The fourth-order valence-electron chi connectivity index (χ4n) is 3.48. The van der Waals surface area contributed by atoms with E-state index in [2.05, 4.69) is 5.32 Å². The van der Waals surface area contributed by atoms with Gasteiger partial charge in [0.15, 0.2) is 11.5 Å². The van der Waals surface area contributed by atoms with Crippen LogP contribution in [0.25, 0.3) is 0 Å². The number of esters is 1. The third-order valence-electron chi connectivity index (χ3n) is 5.15. The molecule has 0 saturated carbocycles. The lowest BCUT2D eigenvalue weighted by atomic mass is 9.92. The smallest absolute Gasteiger partial charge is 0.319 e. The van der Waals surface area contributed by atoms with Crippen molar-refractivity contribution < 1.29 is 28.6 Å². The van der Waals surface area contributed by atoms with Crippen LogP contribution in [0, 0.1) is 0 Å². The number of nitrogens with one attached hydrogen (secondary N) is 1. The van der Waals surface area contributed by atoms with Crippen molar-refractivity contribution in [3.05, 3.63) is 69.8 Å². The van der Waals surface area contributed by atoms with Gasteiger partial charge in [0.05, 0.1) is 25.7 Å². The average molecular weight is 470 g/mol. The minimum Gasteiger partial charge on any atom is -0.493 e. The van der Waals surface area contributed by atoms with E-state index in [9.17, 15) is 14.4 Å². The number of Topliss-reactive ketones (excluding diaryl/α,β-unsaturated/α-hetero) is 2. The monoisotopic (exact) mass is 469 g/mol. The van der Waals surface area contributed by atoms with Gasteiger partial charge in [-0.3, -0.25) is 14.4 Å². The van der Waals surface area contributed by atoms with Crippen LogP contribution in [-0.2, 0) is 16.0 Å². The Morgan fingerprint density at radius 1 is 1.00 bits per heavy atom. The van der Waals surface area contributed by atoms with Crippen molar-refractivity contribution in [1.29, 1.82) is 0 Å². The van der Waals surface area contributed by atoms with Gasteiger partial charge in [0.1, 0.15) is 10.9 Å². The molecule has 0 fully saturated rings. The summed E-state index contributed by atoms with van der Waals surface area (Å²) in [6.07, 6.45) is 0.582. The Morgan fingerprint density at radius 3 is 2.30 bits per heavy atom. The second-order valence-corrected chi connectivity index (χ2v) is 8.64. The van der Waals surface area contributed by atoms with Crippen LogP contribution >= 0.6 is 11.8 Å². The fourth-order valence-corrected chi connectivity index (χ4v) is 4.50. The van der Waals surface area contributed by atoms with E-state index in [0.717, 1.165) is 17.3 Å². The Kier molecular flexibility index (Phi) is 8.16. The number of ether oxygens (including phenoxy) is 3. The highest BCUT2D eigenvalue weighted by Crippen LogP contribution is 2.34. The van der Waals surface area contributed by atoms with Gasteiger partial charge in [-0.05, 0) is 38.0 Å². The predicted octanol–water partition coefficient (Wildman–Crippen LogP) is 3.81. The number of fused-ring (bicyclic) bond motifs is 1. The number of hydrogen-bond acceptors (Lipinski definition) is 8. The summed E-state index contributed by atoms with van der Waals surface area (Å²) in [5.74, 6) is 0.273. The van der Waals surface area contributed by atoms with E-state index in [4.69, 9.17) is 14.2 Å². The highest BCUT2D eigenvalue weighted by molar-refractivity contribution is 8.05. The molecule has 3 rings (SSSR count). The second kappa shape index (κ2) is 11.0. The highest BCUT2D eigenvalue weighted by atomic mass is 32.2. The van der Waals surface area contributed by atoms with Crippen LogP contribution in [0.3, 0.4) is 0 Å². The first-order valence-electron chi connectivity index (χ1n) is 10.6. The summed E-state index contributed by atoms with van der Waals surface area (Å²) >= 11 is 1.05. The van der Waals surface area contributed by atoms with Crippen LogP contribution in [0.5, 0.6) is 11.5 Å². The summed E-state index contributed by atoms with van der Waals surface area (Å²) in [6, 6.07) is 12.3. The zero-order valence-corrected chi connectivity index (χ0v) is 19.9. The maximum absolute atomic E-state index is 13.2. The van der Waals surface area contributed by atoms with Crippen molar-refractivity contribution in [2.75, 3.05) is 27.4 Å². The van der Waals surface area contributed by atoms with Crippen LogP contribution in [0.15, 0.2) is 53.1 Å². The molecule has 1 aliphatic carbocycles. The number of benzene rings is 2. The van der Waals surface area contributed by atoms with Crippen molar-refractivity contribution in [2.45, 2.75) is 25.5 Å². The molecule has 174 valence electrons. The summed E-state index contributed by atoms with van der Waals surface area (Å²) in [5.41, 5.74) is 1.88. The molecule has 0 amide bonds. The van der Waals surface area contributed by atoms with Gasteiger partial charge in [0.2, 0.25) is 11.6 Å². The Balaban J connectivity index is 1.85. The van der Waals surface area contributed by atoms with Gasteiger partial charge in [-0.1, -0.05) is 30.3 Å². The maximum Gasteiger partial charge on any atom is 0.319 e. The lowest BCUT2D eigenvalue weighted by Gasteiger charge is -2.23. The van der Waals surface area contributed by atoms with E-state index in [1.165, 1.54) is 0 Å². The third-order valence-corrected chi connectivity index (χ3v) is 6.32. The average Bonchev–Trinajstić information content (AvgIpc) is 2.83. The SMILES string of the molecule is CCOC(=O)C(C)SC1=C(NCCc2ccc(OC)c(OC)c2)C(=O)c2ccccc2C1=O. The number of hydrogen-bond donors (Lipinski definition) is 1. The molecule has 1 atom stereocenters. The second-order valence-electron chi connectivity index (χ2n) is 7.29. The Bertz CT molecular complexity index is 1090.